The molecule has 0 saturated carbocycles. The van der Waals surface area contributed by atoms with E-state index in [9.17, 15) is 0 Å². The second kappa shape index (κ2) is 6.32. The number of fused-ring (bicyclic) bond motifs is 9. The van der Waals surface area contributed by atoms with Gasteiger partial charge in [0.1, 0.15) is 0 Å². The molecule has 0 N–H and O–H groups in total. The molecule has 0 bridgehead atoms. The number of hydrogen-bond donors (Lipinski definition) is 0. The lowest BCUT2D eigenvalue weighted by molar-refractivity contribution is 1.01. The summed E-state index contributed by atoms with van der Waals surface area (Å²) in [5.74, 6) is 0. The van der Waals surface area contributed by atoms with Crippen LogP contribution in [0.5, 0.6) is 0 Å². The van der Waals surface area contributed by atoms with E-state index in [1.54, 1.807) is 0 Å². The van der Waals surface area contributed by atoms with Crippen molar-refractivity contribution in [3.8, 4) is 0 Å². The predicted octanol–water partition coefficient (Wildman–Crippen LogP) is 8.53. The van der Waals surface area contributed by atoms with Gasteiger partial charge >= 0.3 is 0 Å². The molecule has 0 spiro atoms. The average molecular weight is 404 g/mol. The second-order valence-corrected chi connectivity index (χ2v) is 8.87. The number of rotatable bonds is 2. The molecule has 30 heavy (non-hydrogen) atoms. The van der Waals surface area contributed by atoms with Gasteiger partial charge in [-0.05, 0) is 46.9 Å². The van der Waals surface area contributed by atoms with Crippen molar-refractivity contribution in [2.45, 2.75) is 6.92 Å². The van der Waals surface area contributed by atoms with Gasteiger partial charge in [0.05, 0.1) is 0 Å². The molecular weight excluding hydrogens is 382 g/mol. The number of thiophene rings is 1. The Hall–Kier alpha value is -3.36. The molecule has 4 aromatic carbocycles. The Labute approximate surface area is 179 Å². The Morgan fingerprint density at radius 3 is 2.33 bits per heavy atom. The van der Waals surface area contributed by atoms with Crippen molar-refractivity contribution >= 4 is 76.9 Å². The maximum atomic E-state index is 4.09. The fourth-order valence-corrected chi connectivity index (χ4v) is 6.30. The number of nitrogens with zero attached hydrogens (tertiary/aromatic N) is 1. The molecule has 0 aliphatic heterocycles. The van der Waals surface area contributed by atoms with Crippen molar-refractivity contribution in [2.75, 3.05) is 0 Å². The summed E-state index contributed by atoms with van der Waals surface area (Å²) >= 11 is 1.87. The van der Waals surface area contributed by atoms with Gasteiger partial charge < -0.3 is 4.57 Å². The highest BCUT2D eigenvalue weighted by atomic mass is 32.1. The van der Waals surface area contributed by atoms with Crippen LogP contribution in [0, 0.1) is 0 Å². The zero-order valence-corrected chi connectivity index (χ0v) is 17.9. The summed E-state index contributed by atoms with van der Waals surface area (Å²) < 4.78 is 3.65. The third-order valence-electron chi connectivity index (χ3n) is 6.30. The number of allylic oxidation sites excluding steroid dienone is 1. The van der Waals surface area contributed by atoms with Crippen molar-refractivity contribution in [3.05, 3.63) is 83.8 Å². The van der Waals surface area contributed by atoms with E-state index >= 15 is 0 Å². The van der Waals surface area contributed by atoms with Gasteiger partial charge in [0.2, 0.25) is 0 Å². The zero-order valence-electron chi connectivity index (χ0n) is 17.1. The van der Waals surface area contributed by atoms with Gasteiger partial charge in [0.25, 0.3) is 0 Å². The minimum atomic E-state index is 1.23. The molecule has 0 saturated heterocycles. The van der Waals surface area contributed by atoms with E-state index in [4.69, 9.17) is 0 Å². The van der Waals surface area contributed by atoms with Crippen LogP contribution in [0.2, 0.25) is 0 Å². The van der Waals surface area contributed by atoms with Gasteiger partial charge in [-0.3, -0.25) is 0 Å². The average Bonchev–Trinajstić information content (AvgIpc) is 3.28. The Morgan fingerprint density at radius 1 is 0.800 bits per heavy atom. The molecule has 0 unspecified atom stereocenters. The Bertz CT molecular complexity index is 1670. The molecule has 2 heterocycles. The molecule has 0 amide bonds. The summed E-state index contributed by atoms with van der Waals surface area (Å²) in [4.78, 5) is 1.28. The molecule has 144 valence electrons. The van der Waals surface area contributed by atoms with Gasteiger partial charge in [0, 0.05) is 49.2 Å². The van der Waals surface area contributed by atoms with E-state index in [0.29, 0.717) is 0 Å². The van der Waals surface area contributed by atoms with Crippen LogP contribution in [0.25, 0.3) is 65.6 Å². The molecule has 6 aromatic rings. The molecule has 0 radical (unpaired) electrons. The van der Waals surface area contributed by atoms with Gasteiger partial charge in [-0.2, -0.15) is 0 Å². The summed E-state index contributed by atoms with van der Waals surface area (Å²) in [6.45, 7) is 6.16. The van der Waals surface area contributed by atoms with Crippen molar-refractivity contribution in [3.63, 3.8) is 0 Å². The normalized spacial score (nSPS) is 12.3. The highest BCUT2D eigenvalue weighted by Gasteiger charge is 2.16. The van der Waals surface area contributed by atoms with E-state index in [-0.39, 0.29) is 0 Å². The van der Waals surface area contributed by atoms with Crippen molar-refractivity contribution < 1.29 is 0 Å². The lowest BCUT2D eigenvalue weighted by Crippen LogP contribution is -1.86. The minimum Gasteiger partial charge on any atom is -0.344 e. The largest absolute Gasteiger partial charge is 0.344 e. The van der Waals surface area contributed by atoms with Gasteiger partial charge in [-0.25, -0.2) is 0 Å². The first-order valence-electron chi connectivity index (χ1n) is 10.3. The number of para-hydroxylation sites is 1. The molecule has 2 heteroatoms. The van der Waals surface area contributed by atoms with Gasteiger partial charge in [0.15, 0.2) is 0 Å². The Morgan fingerprint density at radius 2 is 1.53 bits per heavy atom. The van der Waals surface area contributed by atoms with Crippen LogP contribution in [-0.4, -0.2) is 4.57 Å². The molecule has 0 aliphatic rings. The zero-order chi connectivity index (χ0) is 20.4. The maximum absolute atomic E-state index is 4.09. The fourth-order valence-electron chi connectivity index (χ4n) is 4.96. The van der Waals surface area contributed by atoms with E-state index in [0.717, 1.165) is 0 Å². The third kappa shape index (κ3) is 2.17. The first-order chi connectivity index (χ1) is 14.7. The van der Waals surface area contributed by atoms with E-state index < -0.39 is 0 Å². The molecule has 2 aromatic heterocycles. The highest BCUT2D eigenvalue weighted by molar-refractivity contribution is 7.21. The van der Waals surface area contributed by atoms with Crippen LogP contribution in [-0.2, 0) is 7.05 Å². The monoisotopic (exact) mass is 403 g/mol. The van der Waals surface area contributed by atoms with Crippen LogP contribution in [0.3, 0.4) is 0 Å². The number of hydrogen-bond acceptors (Lipinski definition) is 1. The minimum absolute atomic E-state index is 1.23. The summed E-state index contributed by atoms with van der Waals surface area (Å²) in [5, 5.41) is 9.25. The number of aromatic nitrogens is 1. The van der Waals surface area contributed by atoms with Crippen molar-refractivity contribution in [2.24, 2.45) is 7.05 Å². The summed E-state index contributed by atoms with van der Waals surface area (Å²) in [6, 6.07) is 22.4. The van der Waals surface area contributed by atoms with Crippen LogP contribution in [0.4, 0.5) is 0 Å². The topological polar surface area (TPSA) is 4.93 Å². The van der Waals surface area contributed by atoms with Crippen LogP contribution in [0.1, 0.15) is 17.4 Å². The standard InChI is InChI=1S/C28H21NS/c1-4-8-25-18(5-2)21-14-12-17-11-13-20-19(26(17)28(21)30-25)15-16-24-27(20)22-9-6-7-10-23(22)29(24)3/h4-16H,2H2,1,3H3/b8-4-. The lowest BCUT2D eigenvalue weighted by Gasteiger charge is -2.08. The van der Waals surface area contributed by atoms with E-state index in [1.165, 1.54) is 63.9 Å². The SMILES string of the molecule is C=Cc1c(/C=C\C)sc2c1ccc1ccc3c(ccc4c3c3ccccc3n4C)c12. The Kier molecular flexibility index (Phi) is 3.68. The number of aryl methyl sites for hydroxylation is 1. The highest BCUT2D eigenvalue weighted by Crippen LogP contribution is 2.43. The van der Waals surface area contributed by atoms with E-state index in [1.807, 2.05) is 17.4 Å². The smallest absolute Gasteiger partial charge is 0.0495 e. The first-order valence-corrected chi connectivity index (χ1v) is 11.1. The van der Waals surface area contributed by atoms with Crippen LogP contribution in [0.15, 0.2) is 73.3 Å². The lowest BCUT2D eigenvalue weighted by atomic mass is 9.96. The molecule has 1 nitrogen and oxygen atoms in total. The second-order valence-electron chi connectivity index (χ2n) is 7.82. The van der Waals surface area contributed by atoms with E-state index in [2.05, 4.69) is 97.9 Å². The molecule has 0 fully saturated rings. The van der Waals surface area contributed by atoms with Crippen LogP contribution >= 0.6 is 11.3 Å². The predicted molar refractivity (Wildman–Crippen MR) is 136 cm³/mol. The molecule has 6 rings (SSSR count). The third-order valence-corrected chi connectivity index (χ3v) is 7.50. The summed E-state index contributed by atoms with van der Waals surface area (Å²) in [7, 11) is 2.16. The summed E-state index contributed by atoms with van der Waals surface area (Å²) in [5.41, 5.74) is 3.79. The fraction of sp³-hybridized carbons (Fsp3) is 0.0714. The Balaban J connectivity index is 1.87. The molecule has 0 atom stereocenters. The van der Waals surface area contributed by atoms with Crippen LogP contribution < -0.4 is 0 Å². The summed E-state index contributed by atoms with van der Waals surface area (Å²) in [6.07, 6.45) is 6.30. The number of benzene rings is 4. The van der Waals surface area contributed by atoms with Gasteiger partial charge in [-0.1, -0.05) is 67.3 Å². The first kappa shape index (κ1) is 17.5. The quantitative estimate of drug-likeness (QED) is 0.255. The molecule has 0 aliphatic carbocycles. The van der Waals surface area contributed by atoms with Crippen molar-refractivity contribution in [1.82, 2.24) is 4.57 Å². The molecular formula is C28H21NS. The van der Waals surface area contributed by atoms with Crippen molar-refractivity contribution in [1.29, 1.82) is 0 Å². The maximum Gasteiger partial charge on any atom is 0.0495 e. The van der Waals surface area contributed by atoms with Gasteiger partial charge in [-0.15, -0.1) is 11.3 Å².